The van der Waals surface area contributed by atoms with Gasteiger partial charge in [0.1, 0.15) is 12.6 Å². The number of nitrogens with zero attached hydrogens (tertiary/aromatic N) is 2. The van der Waals surface area contributed by atoms with E-state index in [1.165, 1.54) is 38.3 Å². The Hall–Kier alpha value is -3.27. The summed E-state index contributed by atoms with van der Waals surface area (Å²) in [7, 11) is 0.561. The van der Waals surface area contributed by atoms with Crippen molar-refractivity contribution in [3.63, 3.8) is 0 Å². The summed E-state index contributed by atoms with van der Waals surface area (Å²) in [6.07, 6.45) is 1.02. The van der Waals surface area contributed by atoms with Gasteiger partial charge < -0.3 is 19.7 Å². The average Bonchev–Trinajstić information content (AvgIpc) is 2.79. The van der Waals surface area contributed by atoms with Crippen LogP contribution in [0, 0.1) is 6.92 Å². The van der Waals surface area contributed by atoms with Gasteiger partial charge in [0.15, 0.2) is 11.5 Å². The number of hydrogen-bond donors (Lipinski definition) is 1. The number of carbonyl (C=O) groups is 2. The molecule has 2 aromatic rings. The monoisotopic (exact) mass is 477 g/mol. The molecule has 0 aliphatic rings. The Labute approximate surface area is 195 Å². The molecule has 0 aromatic heterocycles. The van der Waals surface area contributed by atoms with E-state index in [2.05, 4.69) is 5.32 Å². The largest absolute Gasteiger partial charge is 0.493 e. The summed E-state index contributed by atoms with van der Waals surface area (Å²) in [4.78, 5) is 27.2. The van der Waals surface area contributed by atoms with Crippen molar-refractivity contribution in [3.05, 3.63) is 53.6 Å². The van der Waals surface area contributed by atoms with Crippen molar-refractivity contribution >= 4 is 27.5 Å². The van der Waals surface area contributed by atoms with Crippen LogP contribution in [0.15, 0.2) is 42.5 Å². The lowest BCUT2D eigenvalue weighted by Crippen LogP contribution is -2.50. The lowest BCUT2D eigenvalue weighted by Gasteiger charge is -2.31. The van der Waals surface area contributed by atoms with Crippen LogP contribution < -0.4 is 19.1 Å². The van der Waals surface area contributed by atoms with Crippen LogP contribution in [-0.2, 0) is 26.2 Å². The fourth-order valence-corrected chi connectivity index (χ4v) is 4.20. The lowest BCUT2D eigenvalue weighted by atomic mass is 10.1. The fourth-order valence-electron chi connectivity index (χ4n) is 3.36. The number of aryl methyl sites for hydroxylation is 1. The molecule has 2 aromatic carbocycles. The zero-order valence-corrected chi connectivity index (χ0v) is 20.6. The zero-order valence-electron chi connectivity index (χ0n) is 19.8. The van der Waals surface area contributed by atoms with Gasteiger partial charge >= 0.3 is 0 Å². The highest BCUT2D eigenvalue weighted by Crippen LogP contribution is 2.32. The minimum absolute atomic E-state index is 0.156. The molecule has 0 heterocycles. The van der Waals surface area contributed by atoms with E-state index in [1.807, 2.05) is 31.2 Å². The number of rotatable bonds is 10. The van der Waals surface area contributed by atoms with Crippen molar-refractivity contribution in [1.29, 1.82) is 0 Å². The molecule has 2 rings (SSSR count). The number of benzene rings is 2. The third-order valence-corrected chi connectivity index (χ3v) is 6.49. The molecule has 0 fully saturated rings. The Balaban J connectivity index is 2.44. The third-order valence-electron chi connectivity index (χ3n) is 5.35. The normalized spacial score (nSPS) is 11.9. The number of ether oxygens (including phenoxy) is 2. The maximum absolute atomic E-state index is 13.4. The van der Waals surface area contributed by atoms with Gasteiger partial charge in [0.25, 0.3) is 0 Å². The smallest absolute Gasteiger partial charge is 0.244 e. The van der Waals surface area contributed by atoms with E-state index in [4.69, 9.17) is 9.47 Å². The van der Waals surface area contributed by atoms with Crippen molar-refractivity contribution in [1.82, 2.24) is 10.2 Å². The zero-order chi connectivity index (χ0) is 24.8. The summed E-state index contributed by atoms with van der Waals surface area (Å²) in [6, 6.07) is 11.3. The van der Waals surface area contributed by atoms with Gasteiger partial charge in [0.05, 0.1) is 26.2 Å². The van der Waals surface area contributed by atoms with Crippen LogP contribution in [0.25, 0.3) is 0 Å². The Morgan fingerprint density at radius 2 is 1.70 bits per heavy atom. The Morgan fingerprint density at radius 1 is 1.06 bits per heavy atom. The third kappa shape index (κ3) is 6.38. The highest BCUT2D eigenvalue weighted by molar-refractivity contribution is 7.92. The van der Waals surface area contributed by atoms with Crippen LogP contribution >= 0.6 is 0 Å². The van der Waals surface area contributed by atoms with Gasteiger partial charge in [-0.25, -0.2) is 8.42 Å². The van der Waals surface area contributed by atoms with Crippen LogP contribution in [-0.4, -0.2) is 65.2 Å². The highest BCUT2D eigenvalue weighted by atomic mass is 32.2. The van der Waals surface area contributed by atoms with Gasteiger partial charge in [-0.1, -0.05) is 24.3 Å². The maximum Gasteiger partial charge on any atom is 0.244 e. The second-order valence-electron chi connectivity index (χ2n) is 7.55. The maximum atomic E-state index is 13.4. The first-order valence-electron chi connectivity index (χ1n) is 10.3. The second-order valence-corrected chi connectivity index (χ2v) is 9.45. The van der Waals surface area contributed by atoms with E-state index in [0.29, 0.717) is 11.5 Å². The molecule has 33 heavy (non-hydrogen) atoms. The molecule has 10 heteroatoms. The van der Waals surface area contributed by atoms with Gasteiger partial charge in [0.2, 0.25) is 21.8 Å². The molecular weight excluding hydrogens is 446 g/mol. The number of nitrogens with one attached hydrogen (secondary N) is 1. The summed E-state index contributed by atoms with van der Waals surface area (Å²) in [5.41, 5.74) is 2.06. The number of hydrogen-bond acceptors (Lipinski definition) is 6. The van der Waals surface area contributed by atoms with E-state index < -0.39 is 28.5 Å². The van der Waals surface area contributed by atoms with Crippen LogP contribution in [0.5, 0.6) is 11.5 Å². The van der Waals surface area contributed by atoms with Gasteiger partial charge in [-0.2, -0.15) is 0 Å². The minimum atomic E-state index is -3.83. The molecule has 180 valence electrons. The summed E-state index contributed by atoms with van der Waals surface area (Å²) >= 11 is 0. The van der Waals surface area contributed by atoms with Crippen molar-refractivity contribution in [2.75, 3.05) is 38.4 Å². The summed E-state index contributed by atoms with van der Waals surface area (Å²) in [5, 5.41) is 2.55. The number of carbonyl (C=O) groups excluding carboxylic acids is 2. The van der Waals surface area contributed by atoms with E-state index in [0.717, 1.165) is 21.7 Å². The van der Waals surface area contributed by atoms with E-state index >= 15 is 0 Å². The van der Waals surface area contributed by atoms with E-state index in [1.54, 1.807) is 13.0 Å². The number of likely N-dealkylation sites (N-methyl/N-ethyl adjacent to an activating group) is 1. The molecular formula is C23H31N3O6S. The van der Waals surface area contributed by atoms with Crippen LogP contribution in [0.1, 0.15) is 18.1 Å². The summed E-state index contributed by atoms with van der Waals surface area (Å²) in [5.74, 6) is -0.120. The molecule has 1 unspecified atom stereocenters. The molecule has 0 saturated heterocycles. The Morgan fingerprint density at radius 3 is 2.24 bits per heavy atom. The van der Waals surface area contributed by atoms with E-state index in [9.17, 15) is 18.0 Å². The lowest BCUT2D eigenvalue weighted by molar-refractivity contribution is -0.139. The Bertz CT molecular complexity index is 1100. The Kier molecular flexibility index (Phi) is 8.69. The molecule has 2 amide bonds. The number of methoxy groups -OCH3 is 2. The number of amides is 2. The molecule has 0 saturated carbocycles. The first-order valence-corrected chi connectivity index (χ1v) is 12.1. The predicted molar refractivity (Wildman–Crippen MR) is 127 cm³/mol. The SMILES string of the molecule is CNC(=O)C(C)N(Cc1ccccc1C)C(=O)CN(c1ccc(OC)c(OC)c1)S(C)(=O)=O. The molecule has 0 radical (unpaired) electrons. The molecule has 0 bridgehead atoms. The van der Waals surface area contributed by atoms with Crippen molar-refractivity contribution in [3.8, 4) is 11.5 Å². The molecule has 0 aliphatic carbocycles. The summed E-state index contributed by atoms with van der Waals surface area (Å²) in [6.45, 7) is 3.19. The van der Waals surface area contributed by atoms with Gasteiger partial charge in [-0.3, -0.25) is 13.9 Å². The van der Waals surface area contributed by atoms with Crippen molar-refractivity contribution in [2.24, 2.45) is 0 Å². The molecule has 1 atom stereocenters. The van der Waals surface area contributed by atoms with Gasteiger partial charge in [0, 0.05) is 19.7 Å². The number of sulfonamides is 1. The molecule has 0 spiro atoms. The van der Waals surface area contributed by atoms with Crippen molar-refractivity contribution in [2.45, 2.75) is 26.4 Å². The standard InChI is InChI=1S/C23H31N3O6S/c1-16-9-7-8-10-18(16)14-25(17(2)23(28)24-3)22(27)15-26(33(6,29)30)19-11-12-20(31-4)21(13-19)32-5/h7-13,17H,14-15H2,1-6H3,(H,24,28). The molecule has 1 N–H and O–H groups in total. The second kappa shape index (κ2) is 11.0. The van der Waals surface area contributed by atoms with Crippen LogP contribution in [0.3, 0.4) is 0 Å². The average molecular weight is 478 g/mol. The first kappa shape index (κ1) is 26.0. The molecule has 0 aliphatic heterocycles. The van der Waals surface area contributed by atoms with Crippen LogP contribution in [0.4, 0.5) is 5.69 Å². The van der Waals surface area contributed by atoms with E-state index in [-0.39, 0.29) is 18.1 Å². The van der Waals surface area contributed by atoms with Gasteiger partial charge in [-0.15, -0.1) is 0 Å². The van der Waals surface area contributed by atoms with Crippen molar-refractivity contribution < 1.29 is 27.5 Å². The van der Waals surface area contributed by atoms with Crippen LogP contribution in [0.2, 0.25) is 0 Å². The van der Waals surface area contributed by atoms with Gasteiger partial charge in [-0.05, 0) is 37.1 Å². The number of anilines is 1. The highest BCUT2D eigenvalue weighted by Gasteiger charge is 2.30. The topological polar surface area (TPSA) is 105 Å². The summed E-state index contributed by atoms with van der Waals surface area (Å²) < 4.78 is 36.7. The minimum Gasteiger partial charge on any atom is -0.493 e. The molecule has 9 nitrogen and oxygen atoms in total. The predicted octanol–water partition coefficient (Wildman–Crippen LogP) is 1.94. The quantitative estimate of drug-likeness (QED) is 0.561. The fraction of sp³-hybridized carbons (Fsp3) is 0.391. The first-order chi connectivity index (χ1) is 15.5.